The van der Waals surface area contributed by atoms with Gasteiger partial charge in [0.1, 0.15) is 18.5 Å². The summed E-state index contributed by atoms with van der Waals surface area (Å²) in [6.45, 7) is 4.03. The minimum absolute atomic E-state index is 0.00477. The molecule has 0 amide bonds. The lowest BCUT2D eigenvalue weighted by molar-refractivity contribution is -0.0296. The van der Waals surface area contributed by atoms with Crippen molar-refractivity contribution < 1.29 is 9.47 Å². The number of benzene rings is 1. The van der Waals surface area contributed by atoms with E-state index in [9.17, 15) is 0 Å². The van der Waals surface area contributed by atoms with E-state index < -0.39 is 0 Å². The van der Waals surface area contributed by atoms with Crippen molar-refractivity contribution in [2.75, 3.05) is 32.8 Å². The summed E-state index contributed by atoms with van der Waals surface area (Å²) < 4.78 is 11.7. The highest BCUT2D eigenvalue weighted by Crippen LogP contribution is 2.27. The van der Waals surface area contributed by atoms with E-state index in [4.69, 9.17) is 9.47 Å². The Labute approximate surface area is 135 Å². The fourth-order valence-corrected chi connectivity index (χ4v) is 3.04. The van der Waals surface area contributed by atoms with Gasteiger partial charge in [0, 0.05) is 37.6 Å². The van der Waals surface area contributed by atoms with Crippen LogP contribution in [0.25, 0.3) is 6.08 Å². The maximum Gasteiger partial charge on any atom is 0.127 e. The molecule has 1 aromatic carbocycles. The van der Waals surface area contributed by atoms with Crippen molar-refractivity contribution >= 4 is 6.08 Å². The Bertz CT molecular complexity index is 702. The fourth-order valence-electron chi connectivity index (χ4n) is 3.04. The lowest BCUT2D eigenvalue weighted by Gasteiger charge is -2.33. The molecule has 0 aliphatic carbocycles. The zero-order valence-electron chi connectivity index (χ0n) is 12.9. The van der Waals surface area contributed by atoms with Gasteiger partial charge in [-0.3, -0.25) is 14.9 Å². The number of rotatable bonds is 3. The van der Waals surface area contributed by atoms with Crippen LogP contribution in [0.4, 0.5) is 0 Å². The highest BCUT2D eigenvalue weighted by atomic mass is 16.5. The van der Waals surface area contributed by atoms with E-state index in [0.29, 0.717) is 13.2 Å². The smallest absolute Gasteiger partial charge is 0.127 e. The molecule has 1 saturated heterocycles. The molecule has 3 heterocycles. The highest BCUT2D eigenvalue weighted by molar-refractivity contribution is 5.62. The van der Waals surface area contributed by atoms with Gasteiger partial charge < -0.3 is 9.47 Å². The van der Waals surface area contributed by atoms with Gasteiger partial charge in [-0.05, 0) is 17.7 Å². The summed E-state index contributed by atoms with van der Waals surface area (Å²) in [4.78, 5) is 10.9. The molecule has 2 aliphatic heterocycles. The highest BCUT2D eigenvalue weighted by Gasteiger charge is 2.24. The van der Waals surface area contributed by atoms with Crippen LogP contribution in [0.3, 0.4) is 0 Å². The summed E-state index contributed by atoms with van der Waals surface area (Å²) in [5, 5.41) is 0. The summed E-state index contributed by atoms with van der Waals surface area (Å²) in [6.07, 6.45) is 7.42. The average Bonchev–Trinajstić information content (AvgIpc) is 2.63. The second-order valence-corrected chi connectivity index (χ2v) is 5.85. The van der Waals surface area contributed by atoms with Gasteiger partial charge in [-0.25, -0.2) is 0 Å². The van der Waals surface area contributed by atoms with Crippen molar-refractivity contribution in [2.24, 2.45) is 0 Å². The Hall–Kier alpha value is -2.24. The molecule has 1 aromatic heterocycles. The molecule has 0 radical (unpaired) electrons. The summed E-state index contributed by atoms with van der Waals surface area (Å²) in [7, 11) is 0. The first-order valence-corrected chi connectivity index (χ1v) is 7.89. The molecule has 0 spiro atoms. The Balaban J connectivity index is 1.44. The van der Waals surface area contributed by atoms with Crippen LogP contribution in [0, 0.1) is 0 Å². The molecule has 5 nitrogen and oxygen atoms in total. The predicted molar refractivity (Wildman–Crippen MR) is 87.1 cm³/mol. The largest absolute Gasteiger partial charge is 0.489 e. The van der Waals surface area contributed by atoms with Gasteiger partial charge >= 0.3 is 0 Å². The number of para-hydroxylation sites is 1. The molecule has 23 heavy (non-hydrogen) atoms. The van der Waals surface area contributed by atoms with E-state index in [1.165, 1.54) is 5.57 Å². The number of hydrogen-bond donors (Lipinski definition) is 0. The van der Waals surface area contributed by atoms with Crippen LogP contribution in [-0.4, -0.2) is 47.7 Å². The van der Waals surface area contributed by atoms with Crippen LogP contribution in [-0.2, 0) is 4.74 Å². The lowest BCUT2D eigenvalue weighted by atomic mass is 10.1. The third-order valence-corrected chi connectivity index (χ3v) is 4.18. The van der Waals surface area contributed by atoms with Crippen molar-refractivity contribution in [1.29, 1.82) is 0 Å². The Morgan fingerprint density at radius 1 is 1.22 bits per heavy atom. The third kappa shape index (κ3) is 3.25. The van der Waals surface area contributed by atoms with Crippen LogP contribution in [0.1, 0.15) is 17.4 Å². The van der Waals surface area contributed by atoms with E-state index >= 15 is 0 Å². The monoisotopic (exact) mass is 309 g/mol. The van der Waals surface area contributed by atoms with Gasteiger partial charge in [-0.2, -0.15) is 0 Å². The third-order valence-electron chi connectivity index (χ3n) is 4.18. The van der Waals surface area contributed by atoms with Crippen molar-refractivity contribution in [1.82, 2.24) is 14.9 Å². The number of nitrogens with zero attached hydrogens (tertiary/aromatic N) is 3. The standard InChI is InChI=1S/C18H19N3O2/c1-2-4-17-15(3-1)9-14(13-23-17)11-21-7-8-22-18(12-21)16-10-19-5-6-20-16/h1-6,9-10,18H,7-8,11-13H2/t18-/m0/s1. The number of fused-ring (bicyclic) bond motifs is 1. The summed E-state index contributed by atoms with van der Waals surface area (Å²) in [5.74, 6) is 0.968. The van der Waals surface area contributed by atoms with E-state index in [1.807, 2.05) is 18.2 Å². The zero-order chi connectivity index (χ0) is 15.5. The number of hydrogen-bond acceptors (Lipinski definition) is 5. The molecule has 4 rings (SSSR count). The molecular weight excluding hydrogens is 290 g/mol. The maximum atomic E-state index is 5.84. The topological polar surface area (TPSA) is 47.5 Å². The average molecular weight is 309 g/mol. The zero-order valence-corrected chi connectivity index (χ0v) is 12.9. The minimum atomic E-state index is -0.00477. The van der Waals surface area contributed by atoms with Crippen molar-refractivity contribution in [3.8, 4) is 5.75 Å². The molecule has 0 unspecified atom stereocenters. The summed E-state index contributed by atoms with van der Waals surface area (Å²) in [5.41, 5.74) is 3.35. The second kappa shape index (κ2) is 6.48. The number of morpholine rings is 1. The first-order valence-electron chi connectivity index (χ1n) is 7.89. The van der Waals surface area contributed by atoms with Crippen LogP contribution in [0.2, 0.25) is 0 Å². The molecule has 1 fully saturated rings. The van der Waals surface area contributed by atoms with E-state index in [1.54, 1.807) is 18.6 Å². The lowest BCUT2D eigenvalue weighted by Crippen LogP contribution is -2.40. The Kier molecular flexibility index (Phi) is 4.05. The molecule has 1 atom stereocenters. The fraction of sp³-hybridized carbons (Fsp3) is 0.333. The van der Waals surface area contributed by atoms with Crippen LogP contribution in [0.5, 0.6) is 5.75 Å². The van der Waals surface area contributed by atoms with Crippen molar-refractivity contribution in [3.05, 3.63) is 59.7 Å². The van der Waals surface area contributed by atoms with Crippen LogP contribution < -0.4 is 4.74 Å². The van der Waals surface area contributed by atoms with Gasteiger partial charge in [0.05, 0.1) is 18.5 Å². The van der Waals surface area contributed by atoms with Gasteiger partial charge in [0.15, 0.2) is 0 Å². The summed E-state index contributed by atoms with van der Waals surface area (Å²) >= 11 is 0. The number of aromatic nitrogens is 2. The van der Waals surface area contributed by atoms with Gasteiger partial charge in [-0.15, -0.1) is 0 Å². The van der Waals surface area contributed by atoms with Gasteiger partial charge in [0.25, 0.3) is 0 Å². The Morgan fingerprint density at radius 2 is 2.17 bits per heavy atom. The first-order chi connectivity index (χ1) is 11.4. The molecule has 2 aliphatic rings. The number of ether oxygens (including phenoxy) is 2. The second-order valence-electron chi connectivity index (χ2n) is 5.85. The van der Waals surface area contributed by atoms with Crippen LogP contribution >= 0.6 is 0 Å². The molecular formula is C18H19N3O2. The maximum absolute atomic E-state index is 5.84. The first kappa shape index (κ1) is 14.4. The van der Waals surface area contributed by atoms with Crippen molar-refractivity contribution in [3.63, 3.8) is 0 Å². The normalized spacial score (nSPS) is 21.2. The molecule has 0 saturated carbocycles. The van der Waals surface area contributed by atoms with Gasteiger partial charge in [0.2, 0.25) is 0 Å². The molecule has 0 bridgehead atoms. The predicted octanol–water partition coefficient (Wildman–Crippen LogP) is 2.33. The van der Waals surface area contributed by atoms with E-state index in [2.05, 4.69) is 27.0 Å². The summed E-state index contributed by atoms with van der Waals surface area (Å²) in [6, 6.07) is 8.16. The molecule has 5 heteroatoms. The quantitative estimate of drug-likeness (QED) is 0.871. The molecule has 0 N–H and O–H groups in total. The molecule has 2 aromatic rings. The Morgan fingerprint density at radius 3 is 3.09 bits per heavy atom. The van der Waals surface area contributed by atoms with Gasteiger partial charge in [-0.1, -0.05) is 18.2 Å². The van der Waals surface area contributed by atoms with E-state index in [0.717, 1.165) is 36.6 Å². The van der Waals surface area contributed by atoms with E-state index in [-0.39, 0.29) is 6.10 Å². The van der Waals surface area contributed by atoms with Crippen molar-refractivity contribution in [2.45, 2.75) is 6.10 Å². The minimum Gasteiger partial charge on any atom is -0.489 e. The van der Waals surface area contributed by atoms with Crippen LogP contribution in [0.15, 0.2) is 48.4 Å². The SMILES string of the molecule is C1=C(CN2CCO[C@H](c3cnccn3)C2)COc2ccccc21. The molecule has 118 valence electrons.